The first kappa shape index (κ1) is 20.4. The molecule has 0 bridgehead atoms. The smallest absolute Gasteiger partial charge is 0.287 e. The summed E-state index contributed by atoms with van der Waals surface area (Å²) in [7, 11) is 1.59. The van der Waals surface area contributed by atoms with Gasteiger partial charge in [-0.2, -0.15) is 0 Å². The van der Waals surface area contributed by atoms with Gasteiger partial charge in [0.25, 0.3) is 5.91 Å². The molecule has 1 aromatic heterocycles. The van der Waals surface area contributed by atoms with Crippen molar-refractivity contribution in [3.8, 4) is 5.75 Å². The number of hydrogen-bond donors (Lipinski definition) is 1. The molecule has 30 heavy (non-hydrogen) atoms. The largest absolute Gasteiger partial charge is 0.493 e. The Labute approximate surface area is 176 Å². The van der Waals surface area contributed by atoms with Crippen molar-refractivity contribution in [1.82, 2.24) is 10.2 Å². The van der Waals surface area contributed by atoms with E-state index in [1.54, 1.807) is 13.2 Å². The van der Waals surface area contributed by atoms with Crippen LogP contribution in [0.5, 0.6) is 5.75 Å². The Hall–Kier alpha value is -2.83. The molecule has 0 spiro atoms. The van der Waals surface area contributed by atoms with Crippen LogP contribution < -0.4 is 10.1 Å². The summed E-state index contributed by atoms with van der Waals surface area (Å²) in [6.07, 6.45) is 0.455. The van der Waals surface area contributed by atoms with Crippen LogP contribution >= 0.6 is 0 Å². The molecule has 2 heterocycles. The summed E-state index contributed by atoms with van der Waals surface area (Å²) in [5, 5.41) is 3.84. The molecule has 0 aliphatic carbocycles. The van der Waals surface area contributed by atoms with Crippen molar-refractivity contribution in [2.75, 3.05) is 20.2 Å². The molecule has 6 heteroatoms. The highest BCUT2D eigenvalue weighted by atomic mass is 16.5. The number of amides is 1. The molecule has 3 aromatic rings. The van der Waals surface area contributed by atoms with Crippen LogP contribution in [-0.4, -0.2) is 43.2 Å². The number of para-hydroxylation sites is 1. The lowest BCUT2D eigenvalue weighted by molar-refractivity contribution is -0.0705. The van der Waals surface area contributed by atoms with Crippen LogP contribution in [-0.2, 0) is 17.8 Å². The van der Waals surface area contributed by atoms with Crippen LogP contribution in [0.15, 0.2) is 52.9 Å². The summed E-state index contributed by atoms with van der Waals surface area (Å²) in [5.74, 6) is 0.658. The molecule has 1 aliphatic heterocycles. The Balaban J connectivity index is 1.44. The fourth-order valence-corrected chi connectivity index (χ4v) is 4.11. The molecule has 2 atom stereocenters. The molecule has 1 fully saturated rings. The summed E-state index contributed by atoms with van der Waals surface area (Å²) in [4.78, 5) is 15.1. The summed E-state index contributed by atoms with van der Waals surface area (Å²) in [5.41, 5.74) is 2.90. The van der Waals surface area contributed by atoms with E-state index in [2.05, 4.69) is 36.2 Å². The fraction of sp³-hybridized carbons (Fsp3) is 0.375. The average Bonchev–Trinajstić information content (AvgIpc) is 3.17. The maximum absolute atomic E-state index is 12.7. The highest BCUT2D eigenvalue weighted by Gasteiger charge is 2.23. The zero-order valence-corrected chi connectivity index (χ0v) is 17.7. The van der Waals surface area contributed by atoms with Gasteiger partial charge in [-0.3, -0.25) is 9.69 Å². The number of methoxy groups -OCH3 is 1. The molecular formula is C24H28N2O4. The number of morpholine rings is 1. The number of rotatable bonds is 6. The van der Waals surface area contributed by atoms with Crippen molar-refractivity contribution in [3.63, 3.8) is 0 Å². The van der Waals surface area contributed by atoms with Crippen LogP contribution in [0, 0.1) is 0 Å². The molecule has 2 unspecified atom stereocenters. The van der Waals surface area contributed by atoms with E-state index in [1.807, 2.05) is 30.3 Å². The topological polar surface area (TPSA) is 63.9 Å². The van der Waals surface area contributed by atoms with Crippen LogP contribution in [0.4, 0.5) is 0 Å². The fourth-order valence-electron chi connectivity index (χ4n) is 4.11. The van der Waals surface area contributed by atoms with Gasteiger partial charge in [0.2, 0.25) is 0 Å². The second-order valence-corrected chi connectivity index (χ2v) is 7.89. The lowest BCUT2D eigenvalue weighted by Crippen LogP contribution is -2.45. The van der Waals surface area contributed by atoms with Crippen LogP contribution in [0.1, 0.15) is 35.5 Å². The van der Waals surface area contributed by atoms with Gasteiger partial charge in [0.15, 0.2) is 17.1 Å². The predicted molar refractivity (Wildman–Crippen MR) is 116 cm³/mol. The lowest BCUT2D eigenvalue weighted by Gasteiger charge is -2.35. The Morgan fingerprint density at radius 1 is 1.10 bits per heavy atom. The minimum absolute atomic E-state index is 0.227. The van der Waals surface area contributed by atoms with E-state index in [1.165, 1.54) is 5.56 Å². The minimum atomic E-state index is -0.239. The SMILES string of the molecule is COc1cccc2cc(C(=O)NCc3ccccc3CN3CC(C)OC(C)C3)oc12. The normalized spacial score (nSPS) is 19.7. The molecule has 1 saturated heterocycles. The van der Waals surface area contributed by atoms with Gasteiger partial charge in [-0.05, 0) is 37.1 Å². The Morgan fingerprint density at radius 3 is 2.57 bits per heavy atom. The summed E-state index contributed by atoms with van der Waals surface area (Å²) >= 11 is 0. The third-order valence-corrected chi connectivity index (χ3v) is 5.40. The van der Waals surface area contributed by atoms with Gasteiger partial charge in [-0.25, -0.2) is 0 Å². The van der Waals surface area contributed by atoms with E-state index in [0.29, 0.717) is 17.9 Å². The molecule has 0 radical (unpaired) electrons. The number of carbonyl (C=O) groups excluding carboxylic acids is 1. The first-order valence-electron chi connectivity index (χ1n) is 10.3. The molecule has 1 aliphatic rings. The number of nitrogens with zero attached hydrogens (tertiary/aromatic N) is 1. The monoisotopic (exact) mass is 408 g/mol. The zero-order valence-electron chi connectivity index (χ0n) is 17.7. The van der Waals surface area contributed by atoms with Crippen LogP contribution in [0.2, 0.25) is 0 Å². The van der Waals surface area contributed by atoms with Crippen molar-refractivity contribution >= 4 is 16.9 Å². The van der Waals surface area contributed by atoms with E-state index in [4.69, 9.17) is 13.9 Å². The van der Waals surface area contributed by atoms with Gasteiger partial charge >= 0.3 is 0 Å². The van der Waals surface area contributed by atoms with Gasteiger partial charge in [0.05, 0.1) is 19.3 Å². The molecule has 1 amide bonds. The molecular weight excluding hydrogens is 380 g/mol. The summed E-state index contributed by atoms with van der Waals surface area (Å²) in [6.45, 7) is 7.32. The Bertz CT molecular complexity index is 1020. The van der Waals surface area contributed by atoms with E-state index >= 15 is 0 Å². The molecule has 158 valence electrons. The third kappa shape index (κ3) is 4.50. The highest BCUT2D eigenvalue weighted by molar-refractivity contribution is 5.97. The highest BCUT2D eigenvalue weighted by Crippen LogP contribution is 2.28. The molecule has 4 rings (SSSR count). The van der Waals surface area contributed by atoms with Gasteiger partial charge in [-0.1, -0.05) is 36.4 Å². The molecule has 2 aromatic carbocycles. The van der Waals surface area contributed by atoms with Crippen molar-refractivity contribution in [3.05, 3.63) is 65.4 Å². The van der Waals surface area contributed by atoms with Gasteiger partial charge in [0, 0.05) is 31.6 Å². The molecule has 1 N–H and O–H groups in total. The first-order chi connectivity index (χ1) is 14.5. The second-order valence-electron chi connectivity index (χ2n) is 7.89. The number of furan rings is 1. The number of nitrogens with one attached hydrogen (secondary N) is 1. The quantitative estimate of drug-likeness (QED) is 0.668. The number of carbonyl (C=O) groups is 1. The minimum Gasteiger partial charge on any atom is -0.493 e. The molecule has 0 saturated carbocycles. The standard InChI is InChI=1S/C24H28N2O4/c1-16-13-26(14-17(2)29-16)15-20-8-5-4-7-19(20)12-25-24(27)22-11-18-9-6-10-21(28-3)23(18)30-22/h4-11,16-17H,12-15H2,1-3H3,(H,25,27). The third-order valence-electron chi connectivity index (χ3n) is 5.40. The van der Waals surface area contributed by atoms with Gasteiger partial charge in [0.1, 0.15) is 0 Å². The van der Waals surface area contributed by atoms with E-state index in [9.17, 15) is 4.79 Å². The maximum Gasteiger partial charge on any atom is 0.287 e. The van der Waals surface area contributed by atoms with E-state index in [-0.39, 0.29) is 23.9 Å². The predicted octanol–water partition coefficient (Wildman–Crippen LogP) is 3.98. The van der Waals surface area contributed by atoms with E-state index < -0.39 is 0 Å². The first-order valence-corrected chi connectivity index (χ1v) is 10.3. The number of benzene rings is 2. The number of fused-ring (bicyclic) bond motifs is 1. The second kappa shape index (κ2) is 8.90. The zero-order chi connectivity index (χ0) is 21.1. The molecule has 6 nitrogen and oxygen atoms in total. The van der Waals surface area contributed by atoms with Crippen molar-refractivity contribution < 1.29 is 18.7 Å². The lowest BCUT2D eigenvalue weighted by atomic mass is 10.1. The van der Waals surface area contributed by atoms with Crippen molar-refractivity contribution in [1.29, 1.82) is 0 Å². The maximum atomic E-state index is 12.7. The van der Waals surface area contributed by atoms with Gasteiger partial charge < -0.3 is 19.2 Å². The number of hydrogen-bond acceptors (Lipinski definition) is 5. The average molecular weight is 408 g/mol. The van der Waals surface area contributed by atoms with Crippen molar-refractivity contribution in [2.45, 2.75) is 39.1 Å². The summed E-state index contributed by atoms with van der Waals surface area (Å²) in [6, 6.07) is 15.6. The van der Waals surface area contributed by atoms with Crippen LogP contribution in [0.3, 0.4) is 0 Å². The summed E-state index contributed by atoms with van der Waals surface area (Å²) < 4.78 is 16.9. The van der Waals surface area contributed by atoms with E-state index in [0.717, 1.165) is 30.6 Å². The van der Waals surface area contributed by atoms with Crippen LogP contribution in [0.25, 0.3) is 11.0 Å². The number of ether oxygens (including phenoxy) is 2. The Kier molecular flexibility index (Phi) is 6.06. The van der Waals surface area contributed by atoms with Crippen molar-refractivity contribution in [2.24, 2.45) is 0 Å². The van der Waals surface area contributed by atoms with Gasteiger partial charge in [-0.15, -0.1) is 0 Å². The Morgan fingerprint density at radius 2 is 1.83 bits per heavy atom.